The lowest BCUT2D eigenvalue weighted by atomic mass is 9.86. The first-order chi connectivity index (χ1) is 19.6. The van der Waals surface area contributed by atoms with Crippen molar-refractivity contribution < 1.29 is 23.1 Å². The summed E-state index contributed by atoms with van der Waals surface area (Å²) in [7, 11) is -4.07. The van der Waals surface area contributed by atoms with Crippen LogP contribution >= 0.6 is 0 Å². The fourth-order valence-corrected chi connectivity index (χ4v) is 7.08. The van der Waals surface area contributed by atoms with E-state index in [4.69, 9.17) is 4.74 Å². The van der Waals surface area contributed by atoms with E-state index in [2.05, 4.69) is 14.6 Å². The molecule has 41 heavy (non-hydrogen) atoms. The highest BCUT2D eigenvalue weighted by molar-refractivity contribution is 7.89. The van der Waals surface area contributed by atoms with Gasteiger partial charge in [-0.2, -0.15) is 0 Å². The topological polar surface area (TPSA) is 112 Å². The molecule has 9 nitrogen and oxygen atoms in total. The zero-order valence-corrected chi connectivity index (χ0v) is 23.7. The van der Waals surface area contributed by atoms with Gasteiger partial charge in [0.15, 0.2) is 0 Å². The van der Waals surface area contributed by atoms with Crippen LogP contribution in [0.15, 0.2) is 90.1 Å². The number of rotatable bonds is 5. The maximum Gasteiger partial charge on any atom is 0.253 e. The molecule has 0 aliphatic carbocycles. The number of nitrogens with one attached hydrogen (secondary N) is 1. The second-order valence-electron chi connectivity index (χ2n) is 11.0. The Bertz CT molecular complexity index is 1700. The van der Waals surface area contributed by atoms with Gasteiger partial charge in [-0.15, -0.1) is 0 Å². The number of aromatic nitrogens is 1. The van der Waals surface area contributed by atoms with Crippen LogP contribution in [0.3, 0.4) is 0 Å². The van der Waals surface area contributed by atoms with Gasteiger partial charge in [-0.1, -0.05) is 36.4 Å². The molecular formula is C31H32N4O5S. The summed E-state index contributed by atoms with van der Waals surface area (Å²) in [5.41, 5.74) is 0.817. The minimum atomic E-state index is -4.07. The van der Waals surface area contributed by atoms with Crippen molar-refractivity contribution in [3.63, 3.8) is 0 Å². The largest absolute Gasteiger partial charge is 0.485 e. The van der Waals surface area contributed by atoms with E-state index in [-0.39, 0.29) is 10.8 Å². The number of piperazine rings is 1. The quantitative estimate of drug-likeness (QED) is 0.375. The smallest absolute Gasteiger partial charge is 0.253 e. The number of amides is 1. The van der Waals surface area contributed by atoms with Crippen LogP contribution in [0.2, 0.25) is 0 Å². The average molecular weight is 573 g/mol. The normalized spacial score (nSPS) is 20.4. The average Bonchev–Trinajstić information content (AvgIpc) is 2.99. The Labute approximate surface area is 239 Å². The number of ether oxygens (including phenoxy) is 1. The van der Waals surface area contributed by atoms with Gasteiger partial charge in [0.1, 0.15) is 17.5 Å². The van der Waals surface area contributed by atoms with Gasteiger partial charge in [0, 0.05) is 60.8 Å². The highest BCUT2D eigenvalue weighted by Gasteiger charge is 2.45. The number of carbonyl (C=O) groups is 1. The molecule has 3 aromatic carbocycles. The second-order valence-corrected chi connectivity index (χ2v) is 12.6. The number of anilines is 1. The molecule has 0 bridgehead atoms. The van der Waals surface area contributed by atoms with Gasteiger partial charge >= 0.3 is 0 Å². The molecule has 10 heteroatoms. The molecule has 1 amide bonds. The van der Waals surface area contributed by atoms with Crippen LogP contribution in [0.25, 0.3) is 10.8 Å². The van der Waals surface area contributed by atoms with Crippen molar-refractivity contribution in [1.82, 2.24) is 14.6 Å². The first kappa shape index (κ1) is 27.2. The van der Waals surface area contributed by atoms with Gasteiger partial charge in [-0.05, 0) is 55.6 Å². The molecule has 212 valence electrons. The van der Waals surface area contributed by atoms with Gasteiger partial charge in [-0.25, -0.2) is 13.1 Å². The van der Waals surface area contributed by atoms with Crippen LogP contribution in [0.5, 0.6) is 5.75 Å². The Morgan fingerprint density at radius 2 is 1.68 bits per heavy atom. The van der Waals surface area contributed by atoms with E-state index in [0.717, 1.165) is 11.1 Å². The summed E-state index contributed by atoms with van der Waals surface area (Å²) in [6.45, 7) is 5.87. The number of fused-ring (bicyclic) bond motifs is 2. The minimum absolute atomic E-state index is 0.118. The predicted molar refractivity (Wildman–Crippen MR) is 157 cm³/mol. The SMILES string of the molecule is CC1(C)Oc2ccc(C(=O)N3CCN(c4ccncc4)CC3)cc2[C@@H](NS(=O)(=O)c2cccc3ccccc23)[C@@H]1O. The molecule has 1 fully saturated rings. The Morgan fingerprint density at radius 1 is 0.976 bits per heavy atom. The van der Waals surface area contributed by atoms with Crippen molar-refractivity contribution in [2.24, 2.45) is 0 Å². The Kier molecular flexibility index (Phi) is 6.93. The number of pyridine rings is 1. The monoisotopic (exact) mass is 572 g/mol. The number of hydrogen-bond acceptors (Lipinski definition) is 7. The molecule has 3 heterocycles. The Hall–Kier alpha value is -3.99. The summed E-state index contributed by atoms with van der Waals surface area (Å²) in [5, 5.41) is 12.7. The number of carbonyl (C=O) groups excluding carboxylic acids is 1. The molecule has 0 spiro atoms. The fourth-order valence-electron chi connectivity index (χ4n) is 5.63. The second kappa shape index (κ2) is 10.4. The summed E-state index contributed by atoms with van der Waals surface area (Å²) >= 11 is 0. The summed E-state index contributed by atoms with van der Waals surface area (Å²) in [6, 6.07) is 20.2. The van der Waals surface area contributed by atoms with Gasteiger partial charge in [0.2, 0.25) is 10.0 Å². The number of sulfonamides is 1. The van der Waals surface area contributed by atoms with Gasteiger partial charge < -0.3 is 19.6 Å². The molecule has 2 aliphatic heterocycles. The number of hydrogen-bond donors (Lipinski definition) is 2. The summed E-state index contributed by atoms with van der Waals surface area (Å²) in [6.07, 6.45) is 2.29. The van der Waals surface area contributed by atoms with E-state index in [1.807, 2.05) is 30.3 Å². The van der Waals surface area contributed by atoms with E-state index in [0.29, 0.717) is 48.4 Å². The first-order valence-corrected chi connectivity index (χ1v) is 15.1. The van der Waals surface area contributed by atoms with E-state index in [1.165, 1.54) is 0 Å². The number of aliphatic hydroxyl groups excluding tert-OH is 1. The van der Waals surface area contributed by atoms with Crippen LogP contribution in [0.4, 0.5) is 5.69 Å². The highest BCUT2D eigenvalue weighted by Crippen LogP contribution is 2.41. The van der Waals surface area contributed by atoms with Crippen molar-refractivity contribution in [3.8, 4) is 5.75 Å². The molecule has 1 aromatic heterocycles. The van der Waals surface area contributed by atoms with Gasteiger partial charge in [-0.3, -0.25) is 9.78 Å². The first-order valence-electron chi connectivity index (χ1n) is 13.6. The van der Waals surface area contributed by atoms with E-state index in [1.54, 1.807) is 73.6 Å². The summed E-state index contributed by atoms with van der Waals surface area (Å²) in [4.78, 5) is 21.7. The van der Waals surface area contributed by atoms with Crippen LogP contribution < -0.4 is 14.4 Å². The lowest BCUT2D eigenvalue weighted by Crippen LogP contribution is -2.53. The summed E-state index contributed by atoms with van der Waals surface area (Å²) in [5.74, 6) is 0.266. The third kappa shape index (κ3) is 5.14. The van der Waals surface area contributed by atoms with Gasteiger partial charge in [0.05, 0.1) is 10.9 Å². The lowest BCUT2D eigenvalue weighted by molar-refractivity contribution is -0.0603. The predicted octanol–water partition coefficient (Wildman–Crippen LogP) is 3.75. The maximum absolute atomic E-state index is 13.7. The van der Waals surface area contributed by atoms with Gasteiger partial charge in [0.25, 0.3) is 5.91 Å². The molecule has 0 saturated carbocycles. The Balaban J connectivity index is 1.29. The van der Waals surface area contributed by atoms with Crippen LogP contribution in [-0.2, 0) is 10.0 Å². The summed E-state index contributed by atoms with van der Waals surface area (Å²) < 4.78 is 36.3. The molecule has 2 atom stereocenters. The molecule has 2 aliphatic rings. The maximum atomic E-state index is 13.7. The van der Waals surface area contributed by atoms with Crippen molar-refractivity contribution in [1.29, 1.82) is 0 Å². The van der Waals surface area contributed by atoms with Crippen molar-refractivity contribution >= 4 is 32.4 Å². The van der Waals surface area contributed by atoms with E-state index >= 15 is 0 Å². The Morgan fingerprint density at radius 3 is 2.44 bits per heavy atom. The third-order valence-corrected chi connectivity index (χ3v) is 9.41. The zero-order chi connectivity index (χ0) is 28.8. The molecule has 4 aromatic rings. The third-order valence-electron chi connectivity index (χ3n) is 7.91. The van der Waals surface area contributed by atoms with Crippen molar-refractivity contribution in [3.05, 3.63) is 96.3 Å². The zero-order valence-electron chi connectivity index (χ0n) is 22.9. The molecule has 0 radical (unpaired) electrons. The molecule has 2 N–H and O–H groups in total. The molecule has 1 saturated heterocycles. The lowest BCUT2D eigenvalue weighted by Gasteiger charge is -2.42. The van der Waals surface area contributed by atoms with Crippen LogP contribution in [0, 0.1) is 0 Å². The van der Waals surface area contributed by atoms with E-state index in [9.17, 15) is 18.3 Å². The number of aliphatic hydroxyl groups is 1. The highest BCUT2D eigenvalue weighted by atomic mass is 32.2. The van der Waals surface area contributed by atoms with Crippen LogP contribution in [0.1, 0.15) is 35.8 Å². The standard InChI is InChI=1S/C31H32N4O5S/c1-31(2)29(36)28(33-41(38,39)27-9-5-7-21-6-3-4-8-24(21)27)25-20-22(10-11-26(25)40-31)30(37)35-18-16-34(17-19-35)23-12-14-32-15-13-23/h3-15,20,28-29,33,36H,16-19H2,1-2H3/t28-,29+/m1/s1. The molecule has 6 rings (SSSR count). The molecular weight excluding hydrogens is 540 g/mol. The number of nitrogens with zero attached hydrogens (tertiary/aromatic N) is 3. The van der Waals surface area contributed by atoms with Crippen LogP contribution in [-0.4, -0.2) is 67.2 Å². The minimum Gasteiger partial charge on any atom is -0.485 e. The molecule has 0 unspecified atom stereocenters. The van der Waals surface area contributed by atoms with E-state index < -0.39 is 27.8 Å². The fraction of sp³-hybridized carbons (Fsp3) is 0.290. The number of benzene rings is 3. The van der Waals surface area contributed by atoms with Crippen molar-refractivity contribution in [2.45, 2.75) is 36.5 Å². The van der Waals surface area contributed by atoms with Crippen molar-refractivity contribution in [2.75, 3.05) is 31.1 Å².